The molecule has 1 aromatic rings. The maximum Gasteiger partial charge on any atom is 0.204 e. The fraction of sp³-hybridized carbons (Fsp3) is 0.200. The summed E-state index contributed by atoms with van der Waals surface area (Å²) < 4.78 is 0.920. The lowest BCUT2D eigenvalue weighted by Crippen LogP contribution is -2.15. The third kappa shape index (κ3) is 1.46. The Labute approximate surface area is 89.6 Å². The van der Waals surface area contributed by atoms with Gasteiger partial charge in [0.2, 0.25) is 5.78 Å². The Morgan fingerprint density at radius 1 is 1.57 bits per heavy atom. The van der Waals surface area contributed by atoms with Gasteiger partial charge in [-0.15, -0.1) is 0 Å². The molecule has 1 unspecified atom stereocenters. The largest absolute Gasteiger partial charge is 0.384 e. The molecule has 0 saturated carbocycles. The van der Waals surface area contributed by atoms with Crippen LogP contribution in [0.5, 0.6) is 0 Å². The highest BCUT2D eigenvalue weighted by molar-refractivity contribution is 9.10. The van der Waals surface area contributed by atoms with Crippen LogP contribution < -0.4 is 5.32 Å². The molecule has 4 heteroatoms. The second-order valence-corrected chi connectivity index (χ2v) is 4.10. The second-order valence-electron chi connectivity index (χ2n) is 3.19. The number of carbonyl (C=O) groups is 2. The van der Waals surface area contributed by atoms with Gasteiger partial charge in [0.15, 0.2) is 6.29 Å². The van der Waals surface area contributed by atoms with Gasteiger partial charge in [0.1, 0.15) is 0 Å². The Bertz CT molecular complexity index is 403. The van der Waals surface area contributed by atoms with Crippen molar-refractivity contribution in [2.75, 3.05) is 11.9 Å². The molecule has 1 N–H and O–H groups in total. The van der Waals surface area contributed by atoms with Crippen LogP contribution in [-0.2, 0) is 9.59 Å². The number of ketones is 1. The highest BCUT2D eigenvalue weighted by atomic mass is 79.9. The number of Topliss-reactive ketones (excluding diaryl/α,β-unsaturated/α-hetero) is 1. The zero-order valence-electron chi connectivity index (χ0n) is 7.29. The minimum Gasteiger partial charge on any atom is -0.384 e. The van der Waals surface area contributed by atoms with E-state index in [1.54, 1.807) is 0 Å². The fourth-order valence-electron chi connectivity index (χ4n) is 1.64. The van der Waals surface area contributed by atoms with Gasteiger partial charge in [0.05, 0.1) is 5.92 Å². The monoisotopic (exact) mass is 253 g/mol. The van der Waals surface area contributed by atoms with Gasteiger partial charge in [-0.2, -0.15) is 0 Å². The highest BCUT2D eigenvalue weighted by Crippen LogP contribution is 2.33. The first-order chi connectivity index (χ1) is 6.72. The van der Waals surface area contributed by atoms with Gasteiger partial charge >= 0.3 is 0 Å². The summed E-state index contributed by atoms with van der Waals surface area (Å²) in [7, 11) is 0. The van der Waals surface area contributed by atoms with Crippen LogP contribution >= 0.6 is 15.9 Å². The SMILES string of the molecule is O=CC(=O)C1CNc2ccc(Br)cc21. The van der Waals surface area contributed by atoms with Crippen molar-refractivity contribution >= 4 is 33.7 Å². The molecule has 0 saturated heterocycles. The summed E-state index contributed by atoms with van der Waals surface area (Å²) in [5, 5.41) is 3.09. The molecule has 0 aliphatic carbocycles. The molecule has 72 valence electrons. The molecular weight excluding hydrogens is 246 g/mol. The first-order valence-electron chi connectivity index (χ1n) is 4.24. The van der Waals surface area contributed by atoms with E-state index in [1.165, 1.54) is 0 Å². The Kier molecular flexibility index (Phi) is 2.37. The summed E-state index contributed by atoms with van der Waals surface area (Å²) in [6, 6.07) is 5.68. The van der Waals surface area contributed by atoms with E-state index in [0.717, 1.165) is 15.7 Å². The van der Waals surface area contributed by atoms with Crippen molar-refractivity contribution in [1.29, 1.82) is 0 Å². The van der Waals surface area contributed by atoms with E-state index in [1.807, 2.05) is 18.2 Å². The van der Waals surface area contributed by atoms with Crippen molar-refractivity contribution in [3.05, 3.63) is 28.2 Å². The molecule has 0 radical (unpaired) electrons. The second kappa shape index (κ2) is 3.53. The number of aldehydes is 1. The van der Waals surface area contributed by atoms with Crippen molar-refractivity contribution in [3.8, 4) is 0 Å². The van der Waals surface area contributed by atoms with Crippen LogP contribution in [0, 0.1) is 0 Å². The van der Waals surface area contributed by atoms with Gasteiger partial charge in [0.25, 0.3) is 0 Å². The number of nitrogens with one attached hydrogen (secondary N) is 1. The van der Waals surface area contributed by atoms with Gasteiger partial charge in [0, 0.05) is 16.7 Å². The molecule has 0 aromatic heterocycles. The molecule has 1 aromatic carbocycles. The molecule has 1 atom stereocenters. The number of hydrogen-bond acceptors (Lipinski definition) is 3. The molecule has 0 bridgehead atoms. The van der Waals surface area contributed by atoms with Gasteiger partial charge in [-0.3, -0.25) is 9.59 Å². The van der Waals surface area contributed by atoms with E-state index in [0.29, 0.717) is 12.8 Å². The van der Waals surface area contributed by atoms with Crippen molar-refractivity contribution in [1.82, 2.24) is 0 Å². The van der Waals surface area contributed by atoms with Crippen LogP contribution in [-0.4, -0.2) is 18.6 Å². The first-order valence-corrected chi connectivity index (χ1v) is 5.04. The predicted molar refractivity (Wildman–Crippen MR) is 56.4 cm³/mol. The van der Waals surface area contributed by atoms with E-state index in [4.69, 9.17) is 0 Å². The fourth-order valence-corrected chi connectivity index (χ4v) is 2.02. The third-order valence-electron chi connectivity index (χ3n) is 2.35. The Hall–Kier alpha value is -1.16. The molecule has 3 nitrogen and oxygen atoms in total. The van der Waals surface area contributed by atoms with Crippen LogP contribution in [0.3, 0.4) is 0 Å². The zero-order valence-corrected chi connectivity index (χ0v) is 8.87. The highest BCUT2D eigenvalue weighted by Gasteiger charge is 2.27. The van der Waals surface area contributed by atoms with Crippen LogP contribution in [0.1, 0.15) is 11.5 Å². The summed E-state index contributed by atoms with van der Waals surface area (Å²) >= 11 is 3.34. The number of fused-ring (bicyclic) bond motifs is 1. The van der Waals surface area contributed by atoms with Gasteiger partial charge in [-0.25, -0.2) is 0 Å². The summed E-state index contributed by atoms with van der Waals surface area (Å²) in [6.07, 6.45) is 0.391. The molecule has 1 heterocycles. The Morgan fingerprint density at radius 3 is 3.07 bits per heavy atom. The normalized spacial score (nSPS) is 18.5. The van der Waals surface area contributed by atoms with Crippen molar-refractivity contribution < 1.29 is 9.59 Å². The van der Waals surface area contributed by atoms with Crippen LogP contribution in [0.15, 0.2) is 22.7 Å². The average Bonchev–Trinajstić information content (AvgIpc) is 2.59. The summed E-state index contributed by atoms with van der Waals surface area (Å²) in [5.41, 5.74) is 1.84. The number of anilines is 1. The number of benzene rings is 1. The smallest absolute Gasteiger partial charge is 0.204 e. The van der Waals surface area contributed by atoms with Crippen LogP contribution in [0.25, 0.3) is 0 Å². The number of carbonyl (C=O) groups excluding carboxylic acids is 2. The van der Waals surface area contributed by atoms with E-state index < -0.39 is 0 Å². The van der Waals surface area contributed by atoms with Gasteiger partial charge < -0.3 is 5.32 Å². The van der Waals surface area contributed by atoms with Gasteiger partial charge in [-0.05, 0) is 23.8 Å². The maximum atomic E-state index is 11.3. The zero-order chi connectivity index (χ0) is 10.1. The summed E-state index contributed by atoms with van der Waals surface area (Å²) in [6.45, 7) is 0.517. The number of rotatable bonds is 2. The molecular formula is C10H8BrNO2. The Balaban J connectivity index is 2.42. The van der Waals surface area contributed by atoms with E-state index >= 15 is 0 Å². The standard InChI is InChI=1S/C10H8BrNO2/c11-6-1-2-9-7(3-6)8(4-12-9)10(14)5-13/h1-3,5,8,12H,4H2. The van der Waals surface area contributed by atoms with E-state index in [9.17, 15) is 9.59 Å². The first kappa shape index (κ1) is 9.40. The van der Waals surface area contributed by atoms with E-state index in [-0.39, 0.29) is 11.7 Å². The lowest BCUT2D eigenvalue weighted by atomic mass is 9.98. The minimum atomic E-state index is -0.366. The van der Waals surface area contributed by atoms with Crippen molar-refractivity contribution in [2.45, 2.75) is 5.92 Å². The van der Waals surface area contributed by atoms with Crippen LogP contribution in [0.4, 0.5) is 5.69 Å². The van der Waals surface area contributed by atoms with Crippen molar-refractivity contribution in [3.63, 3.8) is 0 Å². The Morgan fingerprint density at radius 2 is 2.36 bits per heavy atom. The number of hydrogen-bond donors (Lipinski definition) is 1. The minimum absolute atomic E-state index is 0.319. The lowest BCUT2D eigenvalue weighted by Gasteiger charge is -2.04. The van der Waals surface area contributed by atoms with E-state index in [2.05, 4.69) is 21.2 Å². The average molecular weight is 254 g/mol. The molecule has 14 heavy (non-hydrogen) atoms. The lowest BCUT2D eigenvalue weighted by molar-refractivity contribution is -0.130. The predicted octanol–water partition coefficient (Wildman–Crippen LogP) is 1.73. The molecule has 1 aliphatic rings. The quantitative estimate of drug-likeness (QED) is 0.645. The maximum absolute atomic E-state index is 11.3. The topological polar surface area (TPSA) is 46.2 Å². The summed E-state index contributed by atoms with van der Waals surface area (Å²) in [5.74, 6) is -0.686. The molecule has 0 fully saturated rings. The van der Waals surface area contributed by atoms with Gasteiger partial charge in [-0.1, -0.05) is 15.9 Å². The molecule has 1 aliphatic heterocycles. The van der Waals surface area contributed by atoms with Crippen molar-refractivity contribution in [2.24, 2.45) is 0 Å². The molecule has 0 amide bonds. The molecule has 0 spiro atoms. The molecule has 2 rings (SSSR count). The summed E-state index contributed by atoms with van der Waals surface area (Å²) in [4.78, 5) is 21.7. The third-order valence-corrected chi connectivity index (χ3v) is 2.84. The number of halogens is 1. The van der Waals surface area contributed by atoms with Crippen LogP contribution in [0.2, 0.25) is 0 Å².